The van der Waals surface area contributed by atoms with Crippen LogP contribution in [0, 0.1) is 5.92 Å². The Morgan fingerprint density at radius 1 is 1.19 bits per heavy atom. The summed E-state index contributed by atoms with van der Waals surface area (Å²) in [5.74, 6) is -1.02. The van der Waals surface area contributed by atoms with Crippen LogP contribution in [0.1, 0.15) is 19.3 Å². The number of aliphatic carboxylic acids is 1. The van der Waals surface area contributed by atoms with Gasteiger partial charge in [0.1, 0.15) is 0 Å². The average molecular weight is 226 g/mol. The molecule has 0 atom stereocenters. The zero-order chi connectivity index (χ0) is 11.5. The molecule has 2 fully saturated rings. The molecule has 0 aromatic rings. The molecule has 2 rings (SSSR count). The van der Waals surface area contributed by atoms with Gasteiger partial charge >= 0.3 is 5.97 Å². The highest BCUT2D eigenvalue weighted by molar-refractivity contribution is 5.81. The molecular weight excluding hydrogens is 208 g/mol. The van der Waals surface area contributed by atoms with Crippen molar-refractivity contribution < 1.29 is 14.7 Å². The van der Waals surface area contributed by atoms with Gasteiger partial charge in [0.2, 0.25) is 5.91 Å². The maximum Gasteiger partial charge on any atom is 0.310 e. The first-order chi connectivity index (χ1) is 7.66. The largest absolute Gasteiger partial charge is 0.481 e. The van der Waals surface area contributed by atoms with Crippen LogP contribution in [-0.2, 0) is 9.59 Å². The molecule has 0 aliphatic carbocycles. The van der Waals surface area contributed by atoms with Crippen molar-refractivity contribution >= 4 is 11.9 Å². The summed E-state index contributed by atoms with van der Waals surface area (Å²) in [6.07, 6.45) is 3.00. The minimum absolute atomic E-state index is 0.101. The van der Waals surface area contributed by atoms with E-state index < -0.39 is 5.97 Å². The van der Waals surface area contributed by atoms with Crippen molar-refractivity contribution in [2.75, 3.05) is 32.7 Å². The fraction of sp³-hybridized carbons (Fsp3) is 0.818. The Balaban J connectivity index is 1.64. The molecule has 0 unspecified atom stereocenters. The smallest absolute Gasteiger partial charge is 0.310 e. The number of hydrogen-bond donors (Lipinski definition) is 1. The molecular formula is C11H18N2O3. The molecule has 2 heterocycles. The Kier molecular flexibility index (Phi) is 3.43. The van der Waals surface area contributed by atoms with Gasteiger partial charge in [-0.25, -0.2) is 0 Å². The highest BCUT2D eigenvalue weighted by Gasteiger charge is 2.35. The summed E-state index contributed by atoms with van der Waals surface area (Å²) >= 11 is 0. The number of carboxylic acids is 1. The highest BCUT2D eigenvalue weighted by atomic mass is 16.4. The molecule has 0 spiro atoms. The minimum Gasteiger partial charge on any atom is -0.481 e. The van der Waals surface area contributed by atoms with Crippen molar-refractivity contribution in [3.63, 3.8) is 0 Å². The predicted molar refractivity (Wildman–Crippen MR) is 58.0 cm³/mol. The number of amides is 1. The first kappa shape index (κ1) is 11.4. The van der Waals surface area contributed by atoms with Gasteiger partial charge in [0.25, 0.3) is 0 Å². The van der Waals surface area contributed by atoms with Crippen molar-refractivity contribution in [1.82, 2.24) is 9.80 Å². The third-order valence-electron chi connectivity index (χ3n) is 3.42. The lowest BCUT2D eigenvalue weighted by molar-refractivity contribution is -0.152. The van der Waals surface area contributed by atoms with E-state index >= 15 is 0 Å². The second kappa shape index (κ2) is 4.82. The van der Waals surface area contributed by atoms with Gasteiger partial charge < -0.3 is 14.9 Å². The Morgan fingerprint density at radius 2 is 1.81 bits per heavy atom. The SMILES string of the molecule is O=C(O)C1CN(C(=O)CCN2CCCC2)C1. The summed E-state index contributed by atoms with van der Waals surface area (Å²) < 4.78 is 0. The molecule has 1 N–H and O–H groups in total. The maximum absolute atomic E-state index is 11.7. The van der Waals surface area contributed by atoms with Crippen molar-refractivity contribution in [2.24, 2.45) is 5.92 Å². The van der Waals surface area contributed by atoms with E-state index in [1.807, 2.05) is 0 Å². The van der Waals surface area contributed by atoms with Crippen LogP contribution in [0.5, 0.6) is 0 Å². The van der Waals surface area contributed by atoms with Crippen molar-refractivity contribution in [3.05, 3.63) is 0 Å². The third-order valence-corrected chi connectivity index (χ3v) is 3.42. The first-order valence-corrected chi connectivity index (χ1v) is 5.90. The van der Waals surface area contributed by atoms with E-state index in [1.54, 1.807) is 4.90 Å². The standard InChI is InChI=1S/C11H18N2O3/c14-10(3-6-12-4-1-2-5-12)13-7-9(8-13)11(15)16/h9H,1-8H2,(H,15,16). The van der Waals surface area contributed by atoms with Gasteiger partial charge in [0.05, 0.1) is 5.92 Å². The third kappa shape index (κ3) is 2.52. The second-order valence-electron chi connectivity index (χ2n) is 4.63. The molecule has 5 heteroatoms. The van der Waals surface area contributed by atoms with Gasteiger partial charge in [-0.2, -0.15) is 0 Å². The molecule has 0 aromatic carbocycles. The van der Waals surface area contributed by atoms with Crippen LogP contribution in [0.4, 0.5) is 0 Å². The lowest BCUT2D eigenvalue weighted by Gasteiger charge is -2.37. The van der Waals surface area contributed by atoms with Crippen LogP contribution in [0.25, 0.3) is 0 Å². The lowest BCUT2D eigenvalue weighted by atomic mass is 10.0. The van der Waals surface area contributed by atoms with E-state index in [0.29, 0.717) is 19.5 Å². The zero-order valence-electron chi connectivity index (χ0n) is 9.39. The van der Waals surface area contributed by atoms with Crippen molar-refractivity contribution in [2.45, 2.75) is 19.3 Å². The minimum atomic E-state index is -0.788. The summed E-state index contributed by atoms with van der Waals surface area (Å²) in [6, 6.07) is 0. The van der Waals surface area contributed by atoms with Gasteiger partial charge in [-0.15, -0.1) is 0 Å². The summed E-state index contributed by atoms with van der Waals surface area (Å²) in [7, 11) is 0. The highest BCUT2D eigenvalue weighted by Crippen LogP contribution is 2.17. The van der Waals surface area contributed by atoms with Crippen LogP contribution in [0.2, 0.25) is 0 Å². The van der Waals surface area contributed by atoms with Crippen LogP contribution >= 0.6 is 0 Å². The fourth-order valence-electron chi connectivity index (χ4n) is 2.26. The number of carboxylic acid groups (broad SMARTS) is 1. The van der Waals surface area contributed by atoms with Gasteiger partial charge in [-0.3, -0.25) is 9.59 Å². The zero-order valence-corrected chi connectivity index (χ0v) is 9.39. The van der Waals surface area contributed by atoms with Crippen LogP contribution in [-0.4, -0.2) is 59.5 Å². The number of carbonyl (C=O) groups excluding carboxylic acids is 1. The first-order valence-electron chi connectivity index (χ1n) is 5.90. The van der Waals surface area contributed by atoms with Crippen LogP contribution in [0.15, 0.2) is 0 Å². The number of likely N-dealkylation sites (tertiary alicyclic amines) is 2. The molecule has 0 saturated carbocycles. The molecule has 2 aliphatic heterocycles. The molecule has 2 aliphatic rings. The van der Waals surface area contributed by atoms with Gasteiger partial charge in [0.15, 0.2) is 0 Å². The molecule has 0 bridgehead atoms. The van der Waals surface area contributed by atoms with Gasteiger partial charge in [0, 0.05) is 26.1 Å². The summed E-state index contributed by atoms with van der Waals surface area (Å²) in [6.45, 7) is 3.82. The summed E-state index contributed by atoms with van der Waals surface area (Å²) in [5, 5.41) is 8.69. The summed E-state index contributed by atoms with van der Waals surface area (Å²) in [4.78, 5) is 26.2. The Bertz CT molecular complexity index is 281. The monoisotopic (exact) mass is 226 g/mol. The number of rotatable bonds is 4. The molecule has 2 saturated heterocycles. The lowest BCUT2D eigenvalue weighted by Crippen LogP contribution is -2.53. The summed E-state index contributed by atoms with van der Waals surface area (Å²) in [5.41, 5.74) is 0. The quantitative estimate of drug-likeness (QED) is 0.734. The van der Waals surface area contributed by atoms with E-state index in [9.17, 15) is 9.59 Å². The van der Waals surface area contributed by atoms with E-state index in [4.69, 9.17) is 5.11 Å². The molecule has 0 aromatic heterocycles. The number of nitrogens with zero attached hydrogens (tertiary/aromatic N) is 2. The van der Waals surface area contributed by atoms with E-state index in [1.165, 1.54) is 12.8 Å². The van der Waals surface area contributed by atoms with Crippen LogP contribution in [0.3, 0.4) is 0 Å². The topological polar surface area (TPSA) is 60.9 Å². The van der Waals surface area contributed by atoms with Gasteiger partial charge in [-0.05, 0) is 25.9 Å². The average Bonchev–Trinajstić information content (AvgIpc) is 2.63. The van der Waals surface area contributed by atoms with E-state index in [0.717, 1.165) is 19.6 Å². The molecule has 16 heavy (non-hydrogen) atoms. The molecule has 5 nitrogen and oxygen atoms in total. The maximum atomic E-state index is 11.7. The van der Waals surface area contributed by atoms with Crippen LogP contribution < -0.4 is 0 Å². The Morgan fingerprint density at radius 3 is 2.38 bits per heavy atom. The van der Waals surface area contributed by atoms with Crippen molar-refractivity contribution in [1.29, 1.82) is 0 Å². The molecule has 0 radical (unpaired) electrons. The normalized spacial score (nSPS) is 22.1. The fourth-order valence-corrected chi connectivity index (χ4v) is 2.26. The molecule has 1 amide bonds. The van der Waals surface area contributed by atoms with Crippen molar-refractivity contribution in [3.8, 4) is 0 Å². The van der Waals surface area contributed by atoms with E-state index in [-0.39, 0.29) is 11.8 Å². The second-order valence-corrected chi connectivity index (χ2v) is 4.63. The Labute approximate surface area is 95.0 Å². The molecule has 90 valence electrons. The number of hydrogen-bond acceptors (Lipinski definition) is 3. The Hall–Kier alpha value is -1.10. The number of carbonyl (C=O) groups is 2. The van der Waals surface area contributed by atoms with E-state index in [2.05, 4.69) is 4.90 Å². The van der Waals surface area contributed by atoms with Gasteiger partial charge in [-0.1, -0.05) is 0 Å². The predicted octanol–water partition coefficient (Wildman–Crippen LogP) is 0.0153.